The summed E-state index contributed by atoms with van der Waals surface area (Å²) in [6.45, 7) is 15.7. The fourth-order valence-corrected chi connectivity index (χ4v) is 12.6. The van der Waals surface area contributed by atoms with E-state index < -0.39 is 17.2 Å². The largest absolute Gasteiger partial charge is 0.478 e. The molecule has 10 unspecified atom stereocenters. The quantitative estimate of drug-likeness (QED) is 0.196. The monoisotopic (exact) mass is 646 g/mol. The number of aromatic carboxylic acids is 1. The Morgan fingerprint density at radius 1 is 0.979 bits per heavy atom. The van der Waals surface area contributed by atoms with Gasteiger partial charge in [0.05, 0.1) is 12.0 Å². The van der Waals surface area contributed by atoms with Crippen molar-refractivity contribution in [1.29, 1.82) is 0 Å². The second-order valence-corrected chi connectivity index (χ2v) is 18.1. The van der Waals surface area contributed by atoms with Crippen LogP contribution in [0, 0.1) is 80.2 Å². The molecule has 5 saturated carbocycles. The van der Waals surface area contributed by atoms with Gasteiger partial charge in [-0.15, -0.1) is 0 Å². The maximum atomic E-state index is 14.2. The topological polar surface area (TPSA) is 80.7 Å². The molecule has 0 aromatic heterocycles. The summed E-state index contributed by atoms with van der Waals surface area (Å²) in [5, 5.41) is 9.73. The van der Waals surface area contributed by atoms with Crippen molar-refractivity contribution in [3.8, 4) is 11.8 Å². The molecule has 1 aromatic carbocycles. The van der Waals surface area contributed by atoms with Crippen molar-refractivity contribution < 1.29 is 28.6 Å². The van der Waals surface area contributed by atoms with E-state index in [0.717, 1.165) is 51.2 Å². The van der Waals surface area contributed by atoms with E-state index in [2.05, 4.69) is 46.5 Å². The lowest BCUT2D eigenvalue weighted by molar-refractivity contribution is -0.221. The van der Waals surface area contributed by atoms with Gasteiger partial charge in [-0.25, -0.2) is 9.18 Å². The number of carbonyl (C=O) groups excluding carboxylic acids is 2. The van der Waals surface area contributed by atoms with Crippen LogP contribution in [0.25, 0.3) is 0 Å². The maximum absolute atomic E-state index is 14.2. The smallest absolute Gasteiger partial charge is 0.336 e. The summed E-state index contributed by atoms with van der Waals surface area (Å²) in [6, 6.07) is 3.81. The van der Waals surface area contributed by atoms with E-state index in [0.29, 0.717) is 35.5 Å². The molecule has 0 spiro atoms. The van der Waals surface area contributed by atoms with Crippen molar-refractivity contribution in [2.24, 2.45) is 62.6 Å². The van der Waals surface area contributed by atoms with Crippen LogP contribution in [-0.4, -0.2) is 29.4 Å². The van der Waals surface area contributed by atoms with E-state index in [9.17, 15) is 23.9 Å². The number of halogens is 1. The molecular weight excluding hydrogens is 591 g/mol. The molecule has 256 valence electrons. The summed E-state index contributed by atoms with van der Waals surface area (Å²) in [7, 11) is 0. The molecule has 5 aliphatic carbocycles. The van der Waals surface area contributed by atoms with Gasteiger partial charge < -0.3 is 14.6 Å². The first kappa shape index (κ1) is 34.2. The predicted molar refractivity (Wildman–Crippen MR) is 180 cm³/mol. The minimum atomic E-state index is -1.07. The Morgan fingerprint density at radius 3 is 2.38 bits per heavy atom. The highest BCUT2D eigenvalue weighted by Crippen LogP contribution is 2.73. The van der Waals surface area contributed by atoms with Crippen LogP contribution in [0.3, 0.4) is 0 Å². The number of esters is 1. The Bertz CT molecular complexity index is 1500. The lowest BCUT2D eigenvalue weighted by Gasteiger charge is -2.69. The average Bonchev–Trinajstić information content (AvgIpc) is 3.33. The Morgan fingerprint density at radius 2 is 1.68 bits per heavy atom. The Kier molecular flexibility index (Phi) is 8.54. The summed E-state index contributed by atoms with van der Waals surface area (Å²) in [6.07, 6.45) is 11.8. The molecule has 0 bridgehead atoms. The fourth-order valence-electron chi connectivity index (χ4n) is 12.6. The van der Waals surface area contributed by atoms with Gasteiger partial charge in [-0.2, -0.15) is 0 Å². The third-order valence-electron chi connectivity index (χ3n) is 14.7. The standard InChI is InChI=1S/C41H55FO5/c1-25-12-19-41(20-13-26-22-27(42)8-9-28(26)36(45)46)21-14-30-29(35(25)41)10-11-32-39(30,6)17-15-31-38(4,5)33(16-18-40(31,32)7)47-34(44)23-37(2,3)24-43/h8-9,22,24-25,29-33,35H,10-12,14-19,21,23H2,1-7H3,(H,45,46). The molecule has 47 heavy (non-hydrogen) atoms. The van der Waals surface area contributed by atoms with E-state index in [1.165, 1.54) is 37.5 Å². The van der Waals surface area contributed by atoms with Crippen LogP contribution in [0.15, 0.2) is 18.2 Å². The van der Waals surface area contributed by atoms with Crippen molar-refractivity contribution in [3.05, 3.63) is 35.1 Å². The fraction of sp³-hybridized carbons (Fsp3) is 0.732. The average molecular weight is 647 g/mol. The van der Waals surface area contributed by atoms with Crippen LogP contribution in [0.5, 0.6) is 0 Å². The molecule has 0 radical (unpaired) electrons. The van der Waals surface area contributed by atoms with Gasteiger partial charge in [-0.05, 0) is 129 Å². The molecule has 6 heteroatoms. The predicted octanol–water partition coefficient (Wildman–Crippen LogP) is 9.11. The lowest BCUT2D eigenvalue weighted by atomic mass is 9.36. The molecule has 5 aliphatic rings. The van der Waals surface area contributed by atoms with Gasteiger partial charge in [0.25, 0.3) is 0 Å². The van der Waals surface area contributed by atoms with Gasteiger partial charge in [-0.3, -0.25) is 4.79 Å². The van der Waals surface area contributed by atoms with Crippen molar-refractivity contribution in [2.45, 2.75) is 125 Å². The zero-order chi connectivity index (χ0) is 34.2. The number of fused-ring (bicyclic) bond motifs is 7. The first-order chi connectivity index (χ1) is 22.0. The van der Waals surface area contributed by atoms with Crippen LogP contribution < -0.4 is 0 Å². The lowest BCUT2D eigenvalue weighted by Crippen LogP contribution is -2.63. The highest BCUT2D eigenvalue weighted by atomic mass is 19.1. The second-order valence-electron chi connectivity index (χ2n) is 18.1. The van der Waals surface area contributed by atoms with E-state index in [-0.39, 0.29) is 51.3 Å². The molecule has 1 N–H and O–H groups in total. The highest BCUT2D eigenvalue weighted by Gasteiger charge is 2.67. The van der Waals surface area contributed by atoms with Crippen LogP contribution in [0.1, 0.15) is 135 Å². The van der Waals surface area contributed by atoms with E-state index in [4.69, 9.17) is 4.74 Å². The van der Waals surface area contributed by atoms with Gasteiger partial charge in [0.15, 0.2) is 0 Å². The first-order valence-corrected chi connectivity index (χ1v) is 18.2. The van der Waals surface area contributed by atoms with Gasteiger partial charge in [0.2, 0.25) is 0 Å². The zero-order valence-electron chi connectivity index (χ0n) is 29.6. The number of hydrogen-bond donors (Lipinski definition) is 1. The number of carbonyl (C=O) groups is 3. The van der Waals surface area contributed by atoms with Crippen molar-refractivity contribution in [3.63, 3.8) is 0 Å². The number of hydrogen-bond acceptors (Lipinski definition) is 4. The number of carboxylic acid groups (broad SMARTS) is 1. The molecule has 0 heterocycles. The van der Waals surface area contributed by atoms with Gasteiger partial charge in [-0.1, -0.05) is 60.3 Å². The zero-order valence-corrected chi connectivity index (χ0v) is 29.6. The second kappa shape index (κ2) is 11.7. The van der Waals surface area contributed by atoms with E-state index in [1.807, 2.05) is 0 Å². The number of ether oxygens (including phenoxy) is 1. The van der Waals surface area contributed by atoms with Crippen LogP contribution in [-0.2, 0) is 14.3 Å². The molecule has 0 amide bonds. The molecule has 1 aromatic rings. The third-order valence-corrected chi connectivity index (χ3v) is 14.7. The first-order valence-electron chi connectivity index (χ1n) is 18.2. The SMILES string of the molecule is CC1CCC2(C#Cc3cc(F)ccc3C(=O)O)CCC3C(CCC4C3(C)CCC3C(C)(C)C(OC(=O)CC(C)(C)C=O)CCC34C)C12. The number of benzene rings is 1. The Balaban J connectivity index is 1.24. The Labute approximate surface area is 281 Å². The molecule has 10 atom stereocenters. The third kappa shape index (κ3) is 5.56. The molecule has 0 saturated heterocycles. The summed E-state index contributed by atoms with van der Waals surface area (Å²) in [4.78, 5) is 36.3. The molecular formula is C41H55FO5. The Hall–Kier alpha value is -2.68. The number of aldehydes is 1. The number of carboxylic acids is 1. The van der Waals surface area contributed by atoms with E-state index >= 15 is 0 Å². The summed E-state index contributed by atoms with van der Waals surface area (Å²) in [5.74, 6) is 8.40. The summed E-state index contributed by atoms with van der Waals surface area (Å²) >= 11 is 0. The van der Waals surface area contributed by atoms with Gasteiger partial charge >= 0.3 is 11.9 Å². The highest BCUT2D eigenvalue weighted by molar-refractivity contribution is 5.90. The van der Waals surface area contributed by atoms with Gasteiger partial charge in [0.1, 0.15) is 18.2 Å². The maximum Gasteiger partial charge on any atom is 0.336 e. The minimum absolute atomic E-state index is 0.0711. The normalized spacial score (nSPS) is 40.4. The van der Waals surface area contributed by atoms with Crippen LogP contribution in [0.4, 0.5) is 4.39 Å². The summed E-state index contributed by atoms with van der Waals surface area (Å²) < 4.78 is 20.4. The van der Waals surface area contributed by atoms with Gasteiger partial charge in [0, 0.05) is 21.8 Å². The summed E-state index contributed by atoms with van der Waals surface area (Å²) in [5.41, 5.74) is -0.233. The van der Waals surface area contributed by atoms with Crippen molar-refractivity contribution in [2.75, 3.05) is 0 Å². The van der Waals surface area contributed by atoms with E-state index in [1.54, 1.807) is 13.8 Å². The van der Waals surface area contributed by atoms with Crippen LogP contribution >= 0.6 is 0 Å². The molecule has 5 nitrogen and oxygen atoms in total. The molecule has 5 fully saturated rings. The van der Waals surface area contributed by atoms with Crippen LogP contribution in [0.2, 0.25) is 0 Å². The molecule has 6 rings (SSSR count). The van der Waals surface area contributed by atoms with Crippen molar-refractivity contribution >= 4 is 18.2 Å². The molecule has 0 aliphatic heterocycles. The van der Waals surface area contributed by atoms with Crippen molar-refractivity contribution in [1.82, 2.24) is 0 Å². The number of rotatable bonds is 5. The minimum Gasteiger partial charge on any atom is -0.478 e.